The van der Waals surface area contributed by atoms with E-state index in [0.29, 0.717) is 5.52 Å². The normalized spacial score (nSPS) is 12.1. The quantitative estimate of drug-likeness (QED) is 0.352. The monoisotopic (exact) mass is 506 g/mol. The molecule has 1 atom stereocenters. The molecule has 4 heterocycles. The van der Waals surface area contributed by atoms with Gasteiger partial charge in [-0.3, -0.25) is 9.78 Å². The highest BCUT2D eigenvalue weighted by Crippen LogP contribution is 2.27. The van der Waals surface area contributed by atoms with Crippen LogP contribution in [0.15, 0.2) is 48.8 Å². The maximum Gasteiger partial charge on any atom is 0.388 e. The average Bonchev–Trinajstić information content (AvgIpc) is 2.82. The summed E-state index contributed by atoms with van der Waals surface area (Å²) >= 11 is 0. The van der Waals surface area contributed by atoms with Gasteiger partial charge in [0.1, 0.15) is 17.0 Å². The Morgan fingerprint density at radius 1 is 0.944 bits per heavy atom. The maximum atomic E-state index is 13.4. The fraction of sp³-hybridized carbons (Fsp3) is 0.182. The summed E-state index contributed by atoms with van der Waals surface area (Å²) in [6.07, 6.45) is 2.48. The van der Waals surface area contributed by atoms with Crippen molar-refractivity contribution in [2.45, 2.75) is 26.2 Å². The van der Waals surface area contributed by atoms with Crippen LogP contribution in [-0.4, -0.2) is 44.1 Å². The molecule has 0 radical (unpaired) electrons. The van der Waals surface area contributed by atoms with Crippen molar-refractivity contribution in [2.24, 2.45) is 0 Å². The number of carbonyl (C=O) groups excluding carboxylic acids is 1. The van der Waals surface area contributed by atoms with E-state index in [4.69, 9.17) is 0 Å². The van der Waals surface area contributed by atoms with Crippen molar-refractivity contribution < 1.29 is 36.2 Å². The van der Waals surface area contributed by atoms with Gasteiger partial charge in [0.25, 0.3) is 5.91 Å². The van der Waals surface area contributed by atoms with Gasteiger partial charge in [0, 0.05) is 18.3 Å². The fourth-order valence-corrected chi connectivity index (χ4v) is 3.18. The number of pyridine rings is 3. The SMILES string of the molecule is C[C@H](NC(=O)c1cc(OC(F)F)nc(OC(F)F)c1)c1nc2ncccc2nc1-c1ccc(F)cn1. The van der Waals surface area contributed by atoms with E-state index in [1.54, 1.807) is 12.1 Å². The summed E-state index contributed by atoms with van der Waals surface area (Å²) in [5.74, 6) is -3.04. The van der Waals surface area contributed by atoms with E-state index >= 15 is 0 Å². The predicted molar refractivity (Wildman–Crippen MR) is 114 cm³/mol. The number of hydrogen-bond acceptors (Lipinski definition) is 8. The number of rotatable bonds is 8. The highest BCUT2D eigenvalue weighted by molar-refractivity contribution is 5.95. The van der Waals surface area contributed by atoms with E-state index in [2.05, 4.69) is 39.7 Å². The highest BCUT2D eigenvalue weighted by atomic mass is 19.3. The van der Waals surface area contributed by atoms with Gasteiger partial charge in [0.05, 0.1) is 29.2 Å². The Morgan fingerprint density at radius 2 is 1.64 bits per heavy atom. The molecule has 0 aromatic carbocycles. The molecule has 4 aromatic rings. The van der Waals surface area contributed by atoms with Gasteiger partial charge in [-0.15, -0.1) is 0 Å². The van der Waals surface area contributed by atoms with Gasteiger partial charge in [-0.05, 0) is 31.2 Å². The van der Waals surface area contributed by atoms with E-state index in [1.165, 1.54) is 25.3 Å². The summed E-state index contributed by atoms with van der Waals surface area (Å²) in [6.45, 7) is -5.10. The molecule has 0 aliphatic heterocycles. The molecular formula is C22H15F5N6O3. The minimum atomic E-state index is -3.32. The van der Waals surface area contributed by atoms with Crippen LogP contribution in [0.5, 0.6) is 11.8 Å². The standard InChI is InChI=1S/C22H15F5N6O3/c1-10(30-20(34)11-7-15(35-21(24)25)32-16(8-11)36-22(26)27)17-18(13-5-4-12(23)9-29-13)31-14-3-2-6-28-19(14)33-17/h2-10,21-22H,1H3,(H,30,34)/t10-/m0/s1. The van der Waals surface area contributed by atoms with Gasteiger partial charge >= 0.3 is 13.2 Å². The van der Waals surface area contributed by atoms with Gasteiger partial charge < -0.3 is 14.8 Å². The molecule has 0 saturated heterocycles. The minimum Gasteiger partial charge on any atom is -0.417 e. The number of halogens is 5. The number of hydrogen-bond donors (Lipinski definition) is 1. The smallest absolute Gasteiger partial charge is 0.388 e. The number of amides is 1. The zero-order valence-corrected chi connectivity index (χ0v) is 18.2. The number of nitrogens with zero attached hydrogens (tertiary/aromatic N) is 5. The molecule has 0 unspecified atom stereocenters. The summed E-state index contributed by atoms with van der Waals surface area (Å²) in [7, 11) is 0. The van der Waals surface area contributed by atoms with Crippen LogP contribution < -0.4 is 14.8 Å². The van der Waals surface area contributed by atoms with Crippen molar-refractivity contribution in [3.63, 3.8) is 0 Å². The van der Waals surface area contributed by atoms with Gasteiger partial charge in [0.2, 0.25) is 11.8 Å². The zero-order valence-electron chi connectivity index (χ0n) is 18.2. The lowest BCUT2D eigenvalue weighted by Gasteiger charge is -2.17. The Kier molecular flexibility index (Phi) is 7.12. The molecule has 0 bridgehead atoms. The van der Waals surface area contributed by atoms with Crippen LogP contribution in [0.25, 0.3) is 22.6 Å². The number of aromatic nitrogens is 5. The Labute approximate surface area is 199 Å². The van der Waals surface area contributed by atoms with Gasteiger partial charge in [-0.2, -0.15) is 22.5 Å². The molecule has 0 aliphatic carbocycles. The lowest BCUT2D eigenvalue weighted by Crippen LogP contribution is -2.28. The molecule has 36 heavy (non-hydrogen) atoms. The summed E-state index contributed by atoms with van der Waals surface area (Å²) in [6, 6.07) is 6.64. The van der Waals surface area contributed by atoms with Crippen LogP contribution in [0.1, 0.15) is 29.0 Å². The van der Waals surface area contributed by atoms with Gasteiger partial charge in [-0.25, -0.2) is 19.3 Å². The number of ether oxygens (including phenoxy) is 2. The summed E-state index contributed by atoms with van der Waals surface area (Å²) in [5, 5.41) is 2.57. The van der Waals surface area contributed by atoms with Crippen LogP contribution in [0.4, 0.5) is 22.0 Å². The van der Waals surface area contributed by atoms with E-state index in [1.807, 2.05) is 0 Å². The first-order valence-corrected chi connectivity index (χ1v) is 10.2. The third-order valence-corrected chi connectivity index (χ3v) is 4.66. The van der Waals surface area contributed by atoms with Crippen LogP contribution in [0.3, 0.4) is 0 Å². The first-order valence-electron chi connectivity index (χ1n) is 10.2. The first-order chi connectivity index (χ1) is 17.2. The molecule has 0 fully saturated rings. The zero-order chi connectivity index (χ0) is 25.8. The number of fused-ring (bicyclic) bond motifs is 1. The lowest BCUT2D eigenvalue weighted by atomic mass is 10.1. The Morgan fingerprint density at radius 3 is 2.25 bits per heavy atom. The Hall–Kier alpha value is -4.49. The molecule has 186 valence electrons. The molecule has 1 amide bonds. The van der Waals surface area contributed by atoms with E-state index < -0.39 is 42.7 Å². The molecule has 0 aliphatic rings. The minimum absolute atomic E-state index is 0.204. The summed E-state index contributed by atoms with van der Waals surface area (Å²) < 4.78 is 72.2. The largest absolute Gasteiger partial charge is 0.417 e. The molecule has 9 nitrogen and oxygen atoms in total. The van der Waals surface area contributed by atoms with Crippen molar-refractivity contribution in [3.8, 4) is 23.1 Å². The molecular weight excluding hydrogens is 491 g/mol. The van der Waals surface area contributed by atoms with E-state index in [-0.39, 0.29) is 28.3 Å². The first kappa shape index (κ1) is 24.6. The molecule has 1 N–H and O–H groups in total. The highest BCUT2D eigenvalue weighted by Gasteiger charge is 2.22. The summed E-state index contributed by atoms with van der Waals surface area (Å²) in [4.78, 5) is 33.4. The third-order valence-electron chi connectivity index (χ3n) is 4.66. The second-order valence-electron chi connectivity index (χ2n) is 7.15. The average molecular weight is 506 g/mol. The number of alkyl halides is 4. The van der Waals surface area contributed by atoms with Crippen LogP contribution in [0.2, 0.25) is 0 Å². The van der Waals surface area contributed by atoms with Crippen LogP contribution >= 0.6 is 0 Å². The Bertz CT molecular complexity index is 1360. The van der Waals surface area contributed by atoms with Gasteiger partial charge in [-0.1, -0.05) is 0 Å². The summed E-state index contributed by atoms with van der Waals surface area (Å²) in [5.41, 5.74) is 1.00. The number of nitrogens with one attached hydrogen (secondary N) is 1. The molecule has 0 spiro atoms. The van der Waals surface area contributed by atoms with E-state index in [0.717, 1.165) is 18.3 Å². The van der Waals surface area contributed by atoms with Crippen molar-refractivity contribution in [3.05, 3.63) is 65.9 Å². The fourth-order valence-electron chi connectivity index (χ4n) is 3.18. The molecule has 14 heteroatoms. The van der Waals surface area contributed by atoms with Crippen molar-refractivity contribution in [2.75, 3.05) is 0 Å². The van der Waals surface area contributed by atoms with Gasteiger partial charge in [0.15, 0.2) is 5.65 Å². The van der Waals surface area contributed by atoms with Crippen molar-refractivity contribution in [1.29, 1.82) is 0 Å². The topological polar surface area (TPSA) is 112 Å². The van der Waals surface area contributed by atoms with Crippen LogP contribution in [-0.2, 0) is 0 Å². The second kappa shape index (κ2) is 10.4. The maximum absolute atomic E-state index is 13.4. The molecule has 0 saturated carbocycles. The van der Waals surface area contributed by atoms with Crippen molar-refractivity contribution in [1.82, 2.24) is 30.2 Å². The molecule has 4 aromatic heterocycles. The Balaban J connectivity index is 1.69. The van der Waals surface area contributed by atoms with Crippen molar-refractivity contribution >= 4 is 17.1 Å². The van der Waals surface area contributed by atoms with E-state index in [9.17, 15) is 26.7 Å². The van der Waals surface area contributed by atoms with Crippen LogP contribution in [0, 0.1) is 5.82 Å². The number of carbonyl (C=O) groups is 1. The predicted octanol–water partition coefficient (Wildman–Crippen LogP) is 4.31. The lowest BCUT2D eigenvalue weighted by molar-refractivity contribution is -0.0602. The second-order valence-corrected chi connectivity index (χ2v) is 7.15. The third kappa shape index (κ3) is 5.76. The molecule has 4 rings (SSSR count).